The molecule has 1 aromatic heterocycles. The third-order valence-electron chi connectivity index (χ3n) is 2.35. The van der Waals surface area contributed by atoms with Crippen LogP contribution in [0.1, 0.15) is 17.3 Å². The van der Waals surface area contributed by atoms with E-state index in [-0.39, 0.29) is 23.8 Å². The molecule has 0 atom stereocenters. The van der Waals surface area contributed by atoms with Gasteiger partial charge in [-0.15, -0.1) is 5.10 Å². The van der Waals surface area contributed by atoms with E-state index in [4.69, 9.17) is 4.74 Å². The van der Waals surface area contributed by atoms with Crippen molar-refractivity contribution in [3.63, 3.8) is 0 Å². The maximum atomic E-state index is 11.9. The lowest BCUT2D eigenvalue weighted by atomic mass is 10.2. The monoisotopic (exact) mass is 275 g/mol. The molecule has 0 saturated carbocycles. The number of rotatable bonds is 4. The van der Waals surface area contributed by atoms with Crippen molar-refractivity contribution in [3.8, 4) is 6.01 Å². The van der Waals surface area contributed by atoms with Crippen LogP contribution in [0.2, 0.25) is 0 Å². The summed E-state index contributed by atoms with van der Waals surface area (Å²) >= 11 is 0. The lowest BCUT2D eigenvalue weighted by Crippen LogP contribution is -2.13. The molecule has 0 aliphatic carbocycles. The molecule has 104 valence electrons. The van der Waals surface area contributed by atoms with Gasteiger partial charge in [0.1, 0.15) is 0 Å². The molecule has 0 radical (unpaired) electrons. The summed E-state index contributed by atoms with van der Waals surface area (Å²) in [4.78, 5) is 26.7. The van der Waals surface area contributed by atoms with E-state index >= 15 is 0 Å². The highest BCUT2D eigenvalue weighted by atomic mass is 16.5. The number of hydrogen-bond donors (Lipinski definition) is 3. The van der Waals surface area contributed by atoms with Crippen molar-refractivity contribution in [1.82, 2.24) is 15.2 Å². The smallest absolute Gasteiger partial charge is 0.336 e. The lowest BCUT2D eigenvalue weighted by molar-refractivity contribution is -0.114. The predicted octanol–water partition coefficient (Wildman–Crippen LogP) is 1.02. The van der Waals surface area contributed by atoms with Crippen LogP contribution in [0.25, 0.3) is 0 Å². The minimum absolute atomic E-state index is 0.140. The molecule has 0 aliphatic heterocycles. The fourth-order valence-electron chi connectivity index (χ4n) is 1.48. The number of aromatic amines is 1. The van der Waals surface area contributed by atoms with Gasteiger partial charge in [-0.2, -0.15) is 4.98 Å². The van der Waals surface area contributed by atoms with E-state index in [9.17, 15) is 9.59 Å². The van der Waals surface area contributed by atoms with Gasteiger partial charge in [0.25, 0.3) is 5.91 Å². The standard InChI is InChI=1S/C12H13N5O3/c1-7(18)13-9-5-3-8(4-6-9)10(19)14-11-15-12(20-2)17-16-11/h3-6H,1-2H3,(H,13,18)(H2,14,15,16,17,19). The maximum Gasteiger partial charge on any atom is 0.336 e. The van der Waals surface area contributed by atoms with E-state index in [0.717, 1.165) is 0 Å². The van der Waals surface area contributed by atoms with E-state index in [1.165, 1.54) is 14.0 Å². The summed E-state index contributed by atoms with van der Waals surface area (Å²) in [6, 6.07) is 6.60. The quantitative estimate of drug-likeness (QED) is 0.772. The lowest BCUT2D eigenvalue weighted by Gasteiger charge is -2.04. The average molecular weight is 275 g/mol. The molecular weight excluding hydrogens is 262 g/mol. The Morgan fingerprint density at radius 1 is 1.20 bits per heavy atom. The Labute approximate surface area is 114 Å². The zero-order valence-corrected chi connectivity index (χ0v) is 10.9. The zero-order valence-electron chi connectivity index (χ0n) is 10.9. The van der Waals surface area contributed by atoms with Crippen LogP contribution in [-0.4, -0.2) is 34.1 Å². The Morgan fingerprint density at radius 2 is 1.90 bits per heavy atom. The van der Waals surface area contributed by atoms with E-state index in [1.54, 1.807) is 24.3 Å². The van der Waals surface area contributed by atoms with Crippen LogP contribution in [0.15, 0.2) is 24.3 Å². The Morgan fingerprint density at radius 3 is 2.45 bits per heavy atom. The van der Waals surface area contributed by atoms with Gasteiger partial charge in [-0.3, -0.25) is 14.9 Å². The number of nitrogens with zero attached hydrogens (tertiary/aromatic N) is 2. The predicted molar refractivity (Wildman–Crippen MR) is 71.6 cm³/mol. The number of benzene rings is 1. The van der Waals surface area contributed by atoms with E-state index in [0.29, 0.717) is 11.3 Å². The molecule has 20 heavy (non-hydrogen) atoms. The molecule has 1 heterocycles. The van der Waals surface area contributed by atoms with Crippen LogP contribution < -0.4 is 15.4 Å². The van der Waals surface area contributed by atoms with Gasteiger partial charge in [-0.05, 0) is 24.3 Å². The first kappa shape index (κ1) is 13.5. The first-order chi connectivity index (χ1) is 9.58. The molecule has 0 bridgehead atoms. The molecule has 2 aromatic rings. The Kier molecular flexibility index (Phi) is 3.94. The molecular formula is C12H13N5O3. The number of amides is 2. The van der Waals surface area contributed by atoms with Crippen LogP contribution in [0.5, 0.6) is 6.01 Å². The van der Waals surface area contributed by atoms with E-state index < -0.39 is 0 Å². The largest absolute Gasteiger partial charge is 0.466 e. The average Bonchev–Trinajstić information content (AvgIpc) is 2.86. The number of hydrogen-bond acceptors (Lipinski definition) is 5. The zero-order chi connectivity index (χ0) is 14.5. The molecule has 2 rings (SSSR count). The Balaban J connectivity index is 2.03. The van der Waals surface area contributed by atoms with Crippen LogP contribution >= 0.6 is 0 Å². The molecule has 1 aromatic carbocycles. The van der Waals surface area contributed by atoms with Crippen LogP contribution in [0.3, 0.4) is 0 Å². The van der Waals surface area contributed by atoms with Crippen molar-refractivity contribution < 1.29 is 14.3 Å². The van der Waals surface area contributed by atoms with Crippen molar-refractivity contribution in [1.29, 1.82) is 0 Å². The van der Waals surface area contributed by atoms with Gasteiger partial charge in [-0.1, -0.05) is 0 Å². The summed E-state index contributed by atoms with van der Waals surface area (Å²) in [5.74, 6) is -0.327. The summed E-state index contributed by atoms with van der Waals surface area (Å²) in [6.45, 7) is 1.41. The van der Waals surface area contributed by atoms with Crippen LogP contribution in [-0.2, 0) is 4.79 Å². The fraction of sp³-hybridized carbons (Fsp3) is 0.167. The van der Waals surface area contributed by atoms with Gasteiger partial charge >= 0.3 is 6.01 Å². The van der Waals surface area contributed by atoms with Crippen molar-refractivity contribution in [2.45, 2.75) is 6.92 Å². The molecule has 3 N–H and O–H groups in total. The number of carbonyl (C=O) groups excluding carboxylic acids is 2. The highest BCUT2D eigenvalue weighted by molar-refractivity contribution is 6.03. The summed E-state index contributed by atoms with van der Waals surface area (Å²) < 4.78 is 4.79. The molecule has 0 unspecified atom stereocenters. The summed E-state index contributed by atoms with van der Waals surface area (Å²) in [5, 5.41) is 11.4. The van der Waals surface area contributed by atoms with Crippen molar-refractivity contribution >= 4 is 23.5 Å². The summed E-state index contributed by atoms with van der Waals surface area (Å²) in [6.07, 6.45) is 0. The molecule has 0 fully saturated rings. The number of nitrogens with one attached hydrogen (secondary N) is 3. The highest BCUT2D eigenvalue weighted by Gasteiger charge is 2.09. The second kappa shape index (κ2) is 5.83. The minimum Gasteiger partial charge on any atom is -0.466 e. The van der Waals surface area contributed by atoms with Crippen molar-refractivity contribution in [2.75, 3.05) is 17.7 Å². The van der Waals surface area contributed by atoms with Gasteiger partial charge in [0.15, 0.2) is 0 Å². The second-order valence-corrected chi connectivity index (χ2v) is 3.88. The number of H-pyrrole nitrogens is 1. The summed E-state index contributed by atoms with van der Waals surface area (Å²) in [5.41, 5.74) is 1.05. The topological polar surface area (TPSA) is 109 Å². The van der Waals surface area contributed by atoms with E-state index in [2.05, 4.69) is 25.8 Å². The normalized spacial score (nSPS) is 9.90. The number of ether oxygens (including phenoxy) is 1. The minimum atomic E-state index is -0.349. The molecule has 0 saturated heterocycles. The highest BCUT2D eigenvalue weighted by Crippen LogP contribution is 2.11. The van der Waals surface area contributed by atoms with E-state index in [1.807, 2.05) is 0 Å². The van der Waals surface area contributed by atoms with Gasteiger partial charge in [-0.25, -0.2) is 5.10 Å². The third kappa shape index (κ3) is 3.31. The first-order valence-corrected chi connectivity index (χ1v) is 5.74. The number of aromatic nitrogens is 3. The van der Waals surface area contributed by atoms with Gasteiger partial charge < -0.3 is 10.1 Å². The molecule has 8 nitrogen and oxygen atoms in total. The van der Waals surface area contributed by atoms with Gasteiger partial charge in [0, 0.05) is 18.2 Å². The van der Waals surface area contributed by atoms with Crippen LogP contribution in [0, 0.1) is 0 Å². The van der Waals surface area contributed by atoms with Crippen molar-refractivity contribution in [3.05, 3.63) is 29.8 Å². The van der Waals surface area contributed by atoms with Crippen molar-refractivity contribution in [2.24, 2.45) is 0 Å². The maximum absolute atomic E-state index is 11.9. The Bertz CT molecular complexity index is 620. The number of carbonyl (C=O) groups is 2. The molecule has 2 amide bonds. The fourth-order valence-corrected chi connectivity index (χ4v) is 1.48. The number of methoxy groups -OCH3 is 1. The Hall–Kier alpha value is -2.90. The van der Waals surface area contributed by atoms with Crippen LogP contribution in [0.4, 0.5) is 11.6 Å². The van der Waals surface area contributed by atoms with Gasteiger partial charge in [0.05, 0.1) is 7.11 Å². The molecule has 8 heteroatoms. The SMILES string of the molecule is COc1n[nH]c(NC(=O)c2ccc(NC(C)=O)cc2)n1. The second-order valence-electron chi connectivity index (χ2n) is 3.88. The summed E-state index contributed by atoms with van der Waals surface area (Å²) in [7, 11) is 1.43. The number of anilines is 2. The van der Waals surface area contributed by atoms with Gasteiger partial charge in [0.2, 0.25) is 11.9 Å². The molecule has 0 aliphatic rings. The first-order valence-electron chi connectivity index (χ1n) is 5.74. The third-order valence-corrected chi connectivity index (χ3v) is 2.35. The molecule has 0 spiro atoms.